The number of aromatic nitrogens is 2. The van der Waals surface area contributed by atoms with Gasteiger partial charge in [0.15, 0.2) is 0 Å². The van der Waals surface area contributed by atoms with Crippen LogP contribution in [0.25, 0.3) is 0 Å². The molecule has 0 spiro atoms. The lowest BCUT2D eigenvalue weighted by Gasteiger charge is -2.25. The highest BCUT2D eigenvalue weighted by molar-refractivity contribution is 5.37. The molecule has 2 heterocycles. The molecule has 110 valence electrons. The van der Waals surface area contributed by atoms with Gasteiger partial charge in [-0.2, -0.15) is 0 Å². The minimum absolute atomic E-state index is 0.531. The molecule has 2 fully saturated rings. The number of hydrogen-bond donors (Lipinski definition) is 2. The van der Waals surface area contributed by atoms with E-state index >= 15 is 0 Å². The number of nitrogens with zero attached hydrogens (tertiary/aromatic N) is 2. The lowest BCUT2D eigenvalue weighted by molar-refractivity contribution is 0.442. The second kappa shape index (κ2) is 6.53. The van der Waals surface area contributed by atoms with Gasteiger partial charge in [-0.1, -0.05) is 19.3 Å². The number of nitrogens with one attached hydrogen (secondary N) is 2. The van der Waals surface area contributed by atoms with E-state index in [9.17, 15) is 0 Å². The Hall–Kier alpha value is -1.16. The zero-order chi connectivity index (χ0) is 13.8. The van der Waals surface area contributed by atoms with Crippen LogP contribution in [0.3, 0.4) is 0 Å². The number of anilines is 1. The molecule has 1 aromatic heterocycles. The lowest BCUT2D eigenvalue weighted by atomic mass is 9.95. The van der Waals surface area contributed by atoms with Crippen LogP contribution in [0.1, 0.15) is 62.4 Å². The van der Waals surface area contributed by atoms with Crippen molar-refractivity contribution in [3.05, 3.63) is 17.6 Å². The summed E-state index contributed by atoms with van der Waals surface area (Å²) in [5, 5.41) is 7.04. The second-order valence-corrected chi connectivity index (χ2v) is 6.26. The molecule has 0 atom stereocenters. The van der Waals surface area contributed by atoms with Gasteiger partial charge < -0.3 is 10.6 Å². The van der Waals surface area contributed by atoms with Crippen LogP contribution in [-0.2, 0) is 0 Å². The fourth-order valence-electron chi connectivity index (χ4n) is 3.38. The fraction of sp³-hybridized carbons (Fsp3) is 0.750. The standard InChI is InChI=1S/C16H26N4/c1-12-11-15(19-14-5-3-2-4-6-14)20-16(18-12)13-7-9-17-10-8-13/h11,13-14,17H,2-10H2,1H3,(H,18,19,20). The molecule has 1 saturated heterocycles. The van der Waals surface area contributed by atoms with Gasteiger partial charge >= 0.3 is 0 Å². The van der Waals surface area contributed by atoms with Crippen LogP contribution in [0, 0.1) is 6.92 Å². The highest BCUT2D eigenvalue weighted by atomic mass is 15.1. The van der Waals surface area contributed by atoms with Crippen LogP contribution >= 0.6 is 0 Å². The van der Waals surface area contributed by atoms with Crippen LogP contribution < -0.4 is 10.6 Å². The summed E-state index contributed by atoms with van der Waals surface area (Å²) in [5.41, 5.74) is 1.09. The normalized spacial score (nSPS) is 21.9. The summed E-state index contributed by atoms with van der Waals surface area (Å²) in [6.07, 6.45) is 8.98. The zero-order valence-corrected chi connectivity index (χ0v) is 12.5. The average molecular weight is 274 g/mol. The summed E-state index contributed by atoms with van der Waals surface area (Å²) in [6.45, 7) is 4.26. The van der Waals surface area contributed by atoms with Crippen molar-refractivity contribution in [2.45, 2.75) is 63.8 Å². The molecular weight excluding hydrogens is 248 g/mol. The molecule has 3 rings (SSSR count). The summed E-state index contributed by atoms with van der Waals surface area (Å²) < 4.78 is 0. The van der Waals surface area contributed by atoms with Gasteiger partial charge in [0.1, 0.15) is 11.6 Å². The van der Waals surface area contributed by atoms with Crippen molar-refractivity contribution >= 4 is 5.82 Å². The minimum Gasteiger partial charge on any atom is -0.367 e. The molecule has 0 radical (unpaired) electrons. The second-order valence-electron chi connectivity index (χ2n) is 6.26. The molecule has 1 aliphatic carbocycles. The van der Waals surface area contributed by atoms with E-state index < -0.39 is 0 Å². The first-order valence-electron chi connectivity index (χ1n) is 8.14. The Morgan fingerprint density at radius 3 is 2.55 bits per heavy atom. The van der Waals surface area contributed by atoms with Gasteiger partial charge in [-0.25, -0.2) is 9.97 Å². The van der Waals surface area contributed by atoms with Gasteiger partial charge in [-0.3, -0.25) is 0 Å². The van der Waals surface area contributed by atoms with E-state index in [2.05, 4.69) is 28.6 Å². The lowest BCUT2D eigenvalue weighted by Crippen LogP contribution is -2.28. The van der Waals surface area contributed by atoms with Gasteiger partial charge in [0, 0.05) is 23.7 Å². The van der Waals surface area contributed by atoms with Crippen LogP contribution in [0.4, 0.5) is 5.82 Å². The number of rotatable bonds is 3. The Labute approximate surface area is 121 Å². The van der Waals surface area contributed by atoms with Crippen molar-refractivity contribution in [1.29, 1.82) is 0 Å². The molecule has 1 aromatic rings. The van der Waals surface area contributed by atoms with Gasteiger partial charge in [0.25, 0.3) is 0 Å². The van der Waals surface area contributed by atoms with E-state index in [4.69, 9.17) is 4.98 Å². The van der Waals surface area contributed by atoms with E-state index in [-0.39, 0.29) is 0 Å². The Morgan fingerprint density at radius 1 is 1.05 bits per heavy atom. The summed E-state index contributed by atoms with van der Waals surface area (Å²) in [6, 6.07) is 2.71. The first kappa shape index (κ1) is 13.8. The molecule has 2 aliphatic rings. The van der Waals surface area contributed by atoms with Gasteiger partial charge in [-0.15, -0.1) is 0 Å². The third-order valence-electron chi connectivity index (χ3n) is 4.53. The summed E-state index contributed by atoms with van der Waals surface area (Å²) >= 11 is 0. The van der Waals surface area contributed by atoms with Crippen LogP contribution in [0.2, 0.25) is 0 Å². The van der Waals surface area contributed by atoms with Crippen LogP contribution in [-0.4, -0.2) is 29.1 Å². The van der Waals surface area contributed by atoms with Crippen molar-refractivity contribution in [3.8, 4) is 0 Å². The van der Waals surface area contributed by atoms with Crippen LogP contribution in [0.15, 0.2) is 6.07 Å². The Balaban J connectivity index is 1.71. The molecule has 0 aromatic carbocycles. The Bertz CT molecular complexity index is 434. The molecule has 4 heteroatoms. The van der Waals surface area contributed by atoms with Gasteiger partial charge in [-0.05, 0) is 45.7 Å². The zero-order valence-electron chi connectivity index (χ0n) is 12.5. The van der Waals surface area contributed by atoms with Crippen LogP contribution in [0.5, 0.6) is 0 Å². The molecular formula is C16H26N4. The predicted molar refractivity (Wildman–Crippen MR) is 82.1 cm³/mol. The molecule has 0 amide bonds. The topological polar surface area (TPSA) is 49.8 Å². The molecule has 20 heavy (non-hydrogen) atoms. The van der Waals surface area contributed by atoms with Gasteiger partial charge in [0.05, 0.1) is 0 Å². The first-order chi connectivity index (χ1) is 9.81. The van der Waals surface area contributed by atoms with E-state index in [1.54, 1.807) is 0 Å². The molecule has 1 saturated carbocycles. The Kier molecular flexibility index (Phi) is 4.51. The minimum atomic E-state index is 0.531. The van der Waals surface area contributed by atoms with Crippen molar-refractivity contribution < 1.29 is 0 Å². The van der Waals surface area contributed by atoms with E-state index in [1.807, 2.05) is 0 Å². The maximum atomic E-state index is 4.80. The Morgan fingerprint density at radius 2 is 1.80 bits per heavy atom. The third-order valence-corrected chi connectivity index (χ3v) is 4.53. The van der Waals surface area contributed by atoms with E-state index in [1.165, 1.54) is 32.1 Å². The summed E-state index contributed by atoms with van der Waals surface area (Å²) in [4.78, 5) is 9.47. The quantitative estimate of drug-likeness (QED) is 0.889. The fourth-order valence-corrected chi connectivity index (χ4v) is 3.38. The number of aryl methyl sites for hydroxylation is 1. The maximum absolute atomic E-state index is 4.80. The predicted octanol–water partition coefficient (Wildman–Crippen LogP) is 3.00. The van der Waals surface area contributed by atoms with E-state index in [0.29, 0.717) is 12.0 Å². The maximum Gasteiger partial charge on any atom is 0.134 e. The van der Waals surface area contributed by atoms with E-state index in [0.717, 1.165) is 43.3 Å². The molecule has 0 unspecified atom stereocenters. The summed E-state index contributed by atoms with van der Waals surface area (Å²) in [7, 11) is 0. The smallest absolute Gasteiger partial charge is 0.134 e. The molecule has 4 nitrogen and oxygen atoms in total. The molecule has 2 N–H and O–H groups in total. The van der Waals surface area contributed by atoms with Crippen molar-refractivity contribution in [1.82, 2.24) is 15.3 Å². The highest BCUT2D eigenvalue weighted by Crippen LogP contribution is 2.25. The molecule has 1 aliphatic heterocycles. The largest absolute Gasteiger partial charge is 0.367 e. The highest BCUT2D eigenvalue weighted by Gasteiger charge is 2.20. The summed E-state index contributed by atoms with van der Waals surface area (Å²) in [5.74, 6) is 2.62. The first-order valence-corrected chi connectivity index (χ1v) is 8.14. The van der Waals surface area contributed by atoms with Crippen molar-refractivity contribution in [3.63, 3.8) is 0 Å². The monoisotopic (exact) mass is 274 g/mol. The SMILES string of the molecule is Cc1cc(NC2CCCCC2)nc(C2CCNCC2)n1. The third kappa shape index (κ3) is 3.48. The molecule has 0 bridgehead atoms. The van der Waals surface area contributed by atoms with Crippen molar-refractivity contribution in [2.24, 2.45) is 0 Å². The average Bonchev–Trinajstić information content (AvgIpc) is 2.49. The number of piperidine rings is 1. The number of hydrogen-bond acceptors (Lipinski definition) is 4. The van der Waals surface area contributed by atoms with Gasteiger partial charge in [0.2, 0.25) is 0 Å². The van der Waals surface area contributed by atoms with Crippen molar-refractivity contribution in [2.75, 3.05) is 18.4 Å².